The summed E-state index contributed by atoms with van der Waals surface area (Å²) in [5.41, 5.74) is 2.36. The zero-order valence-electron chi connectivity index (χ0n) is 16.7. The van der Waals surface area contributed by atoms with Crippen molar-refractivity contribution in [3.05, 3.63) is 46.8 Å². The van der Waals surface area contributed by atoms with Gasteiger partial charge in [-0.05, 0) is 31.9 Å². The summed E-state index contributed by atoms with van der Waals surface area (Å²) in [5.74, 6) is 2.03. The molecule has 0 saturated carbocycles. The van der Waals surface area contributed by atoms with Crippen molar-refractivity contribution < 1.29 is 14.1 Å². The molecular formula is C21H29N3O3. The molecule has 0 N–H and O–H groups in total. The Balaban J connectivity index is 1.66. The van der Waals surface area contributed by atoms with Crippen molar-refractivity contribution in [1.29, 1.82) is 0 Å². The SMILES string of the molecule is Cc1noc(C)c1COc1ccccc1C(=O)N1CCN(CC(C)C)CC1. The first-order valence-corrected chi connectivity index (χ1v) is 9.61. The minimum Gasteiger partial charge on any atom is -0.488 e. The Morgan fingerprint density at radius 2 is 1.89 bits per heavy atom. The van der Waals surface area contributed by atoms with Crippen LogP contribution in [0.3, 0.4) is 0 Å². The third-order valence-electron chi connectivity index (χ3n) is 4.95. The van der Waals surface area contributed by atoms with E-state index in [-0.39, 0.29) is 5.91 Å². The average molecular weight is 371 g/mol. The number of carbonyl (C=O) groups excluding carboxylic acids is 1. The second-order valence-electron chi connectivity index (χ2n) is 7.57. The van der Waals surface area contributed by atoms with E-state index in [0.29, 0.717) is 23.8 Å². The number of rotatable bonds is 6. The number of piperazine rings is 1. The molecule has 0 radical (unpaired) electrons. The van der Waals surface area contributed by atoms with Crippen LogP contribution in [0.1, 0.15) is 41.2 Å². The second-order valence-corrected chi connectivity index (χ2v) is 7.57. The van der Waals surface area contributed by atoms with Gasteiger partial charge in [0.05, 0.1) is 16.8 Å². The molecular weight excluding hydrogens is 342 g/mol. The summed E-state index contributed by atoms with van der Waals surface area (Å²) in [6.07, 6.45) is 0. The molecule has 0 spiro atoms. The van der Waals surface area contributed by atoms with E-state index in [9.17, 15) is 4.79 Å². The van der Waals surface area contributed by atoms with Crippen molar-refractivity contribution in [2.75, 3.05) is 32.7 Å². The van der Waals surface area contributed by atoms with Crippen molar-refractivity contribution in [3.63, 3.8) is 0 Å². The summed E-state index contributed by atoms with van der Waals surface area (Å²) < 4.78 is 11.2. The van der Waals surface area contributed by atoms with E-state index >= 15 is 0 Å². The summed E-state index contributed by atoms with van der Waals surface area (Å²) >= 11 is 0. The minimum atomic E-state index is 0.0357. The lowest BCUT2D eigenvalue weighted by Gasteiger charge is -2.35. The van der Waals surface area contributed by atoms with Gasteiger partial charge in [0.15, 0.2) is 0 Å². The van der Waals surface area contributed by atoms with Gasteiger partial charge in [-0.15, -0.1) is 0 Å². The van der Waals surface area contributed by atoms with Crippen LogP contribution in [-0.4, -0.2) is 53.6 Å². The topological polar surface area (TPSA) is 58.8 Å². The Kier molecular flexibility index (Phi) is 6.16. The van der Waals surface area contributed by atoms with Gasteiger partial charge in [-0.3, -0.25) is 9.69 Å². The predicted octanol–water partition coefficient (Wildman–Crippen LogP) is 3.28. The largest absolute Gasteiger partial charge is 0.488 e. The zero-order chi connectivity index (χ0) is 19.4. The van der Waals surface area contributed by atoms with Crippen LogP contribution in [0.4, 0.5) is 0 Å². The first kappa shape index (κ1) is 19.4. The lowest BCUT2D eigenvalue weighted by molar-refractivity contribution is 0.0619. The van der Waals surface area contributed by atoms with E-state index in [4.69, 9.17) is 9.26 Å². The van der Waals surface area contributed by atoms with Crippen molar-refractivity contribution in [1.82, 2.24) is 15.0 Å². The van der Waals surface area contributed by atoms with E-state index in [1.54, 1.807) is 0 Å². The smallest absolute Gasteiger partial charge is 0.257 e. The number of benzene rings is 1. The number of carbonyl (C=O) groups is 1. The summed E-state index contributed by atoms with van der Waals surface area (Å²) in [4.78, 5) is 17.4. The summed E-state index contributed by atoms with van der Waals surface area (Å²) in [7, 11) is 0. The van der Waals surface area contributed by atoms with Crippen molar-refractivity contribution in [2.45, 2.75) is 34.3 Å². The Morgan fingerprint density at radius 1 is 1.19 bits per heavy atom. The highest BCUT2D eigenvalue weighted by Crippen LogP contribution is 2.23. The molecule has 1 aliphatic rings. The molecule has 0 atom stereocenters. The number of hydrogen-bond donors (Lipinski definition) is 0. The highest BCUT2D eigenvalue weighted by Gasteiger charge is 2.24. The molecule has 3 rings (SSSR count). The Hall–Kier alpha value is -2.34. The molecule has 2 heterocycles. The van der Waals surface area contributed by atoms with Crippen LogP contribution < -0.4 is 4.74 Å². The number of nitrogens with zero attached hydrogens (tertiary/aromatic N) is 3. The normalized spacial score (nSPS) is 15.4. The van der Waals surface area contributed by atoms with Gasteiger partial charge in [-0.1, -0.05) is 31.1 Å². The molecule has 6 heteroatoms. The van der Waals surface area contributed by atoms with Gasteiger partial charge in [-0.25, -0.2) is 0 Å². The average Bonchev–Trinajstić information content (AvgIpc) is 2.98. The fraction of sp³-hybridized carbons (Fsp3) is 0.524. The molecule has 146 valence electrons. The Labute approximate surface area is 161 Å². The van der Waals surface area contributed by atoms with E-state index < -0.39 is 0 Å². The third-order valence-corrected chi connectivity index (χ3v) is 4.95. The molecule has 0 unspecified atom stereocenters. The van der Waals surface area contributed by atoms with Crippen LogP contribution in [0.2, 0.25) is 0 Å². The van der Waals surface area contributed by atoms with E-state index in [2.05, 4.69) is 23.9 Å². The van der Waals surface area contributed by atoms with Crippen LogP contribution in [0.25, 0.3) is 0 Å². The molecule has 1 amide bonds. The molecule has 1 saturated heterocycles. The maximum Gasteiger partial charge on any atom is 0.257 e. The Bertz CT molecular complexity index is 757. The fourth-order valence-corrected chi connectivity index (χ4v) is 3.45. The van der Waals surface area contributed by atoms with Gasteiger partial charge < -0.3 is 14.2 Å². The summed E-state index contributed by atoms with van der Waals surface area (Å²) in [5, 5.41) is 3.95. The molecule has 2 aromatic rings. The van der Waals surface area contributed by atoms with Crippen LogP contribution in [0.5, 0.6) is 5.75 Å². The molecule has 1 aromatic carbocycles. The number of aromatic nitrogens is 1. The Morgan fingerprint density at radius 3 is 2.52 bits per heavy atom. The van der Waals surface area contributed by atoms with Crippen molar-refractivity contribution >= 4 is 5.91 Å². The summed E-state index contributed by atoms with van der Waals surface area (Å²) in [6, 6.07) is 7.46. The van der Waals surface area contributed by atoms with Crippen LogP contribution in [-0.2, 0) is 6.61 Å². The molecule has 27 heavy (non-hydrogen) atoms. The van der Waals surface area contributed by atoms with Crippen LogP contribution in [0.15, 0.2) is 28.8 Å². The maximum absolute atomic E-state index is 13.0. The summed E-state index contributed by atoms with van der Waals surface area (Å²) in [6.45, 7) is 13.0. The molecule has 1 fully saturated rings. The number of hydrogen-bond acceptors (Lipinski definition) is 5. The van der Waals surface area contributed by atoms with E-state index in [1.165, 1.54) is 0 Å². The highest BCUT2D eigenvalue weighted by molar-refractivity contribution is 5.97. The third kappa shape index (κ3) is 4.69. The molecule has 1 aromatic heterocycles. The second kappa shape index (κ2) is 8.57. The minimum absolute atomic E-state index is 0.0357. The molecule has 1 aliphatic heterocycles. The monoisotopic (exact) mass is 371 g/mol. The van der Waals surface area contributed by atoms with E-state index in [1.807, 2.05) is 43.0 Å². The molecule has 0 bridgehead atoms. The molecule has 0 aliphatic carbocycles. The van der Waals surface area contributed by atoms with Gasteiger partial charge in [-0.2, -0.15) is 0 Å². The predicted molar refractivity (Wildman–Crippen MR) is 104 cm³/mol. The standard InChI is InChI=1S/C21H29N3O3/c1-15(2)13-23-9-11-24(12-10-23)21(25)18-7-5-6-8-20(18)26-14-19-16(3)22-27-17(19)4/h5-8,15H,9-14H2,1-4H3. The van der Waals surface area contributed by atoms with Crippen LogP contribution in [0, 0.1) is 19.8 Å². The number of para-hydroxylation sites is 1. The lowest BCUT2D eigenvalue weighted by Crippen LogP contribution is -2.49. The first-order chi connectivity index (χ1) is 13.0. The maximum atomic E-state index is 13.0. The van der Waals surface area contributed by atoms with Gasteiger partial charge >= 0.3 is 0 Å². The van der Waals surface area contributed by atoms with E-state index in [0.717, 1.165) is 49.7 Å². The van der Waals surface area contributed by atoms with Crippen molar-refractivity contribution in [3.8, 4) is 5.75 Å². The number of amides is 1. The number of ether oxygens (including phenoxy) is 1. The fourth-order valence-electron chi connectivity index (χ4n) is 3.45. The van der Waals surface area contributed by atoms with Gasteiger partial charge in [0.25, 0.3) is 5.91 Å². The zero-order valence-corrected chi connectivity index (χ0v) is 16.7. The first-order valence-electron chi connectivity index (χ1n) is 9.61. The molecule has 6 nitrogen and oxygen atoms in total. The van der Waals surface area contributed by atoms with Gasteiger partial charge in [0, 0.05) is 32.7 Å². The van der Waals surface area contributed by atoms with Crippen molar-refractivity contribution in [2.24, 2.45) is 5.92 Å². The van der Waals surface area contributed by atoms with Gasteiger partial charge in [0.2, 0.25) is 0 Å². The highest BCUT2D eigenvalue weighted by atomic mass is 16.5. The quantitative estimate of drug-likeness (QED) is 0.780. The lowest BCUT2D eigenvalue weighted by atomic mass is 10.1. The van der Waals surface area contributed by atoms with Crippen LogP contribution >= 0.6 is 0 Å². The van der Waals surface area contributed by atoms with Gasteiger partial charge in [0.1, 0.15) is 18.1 Å². The number of aryl methyl sites for hydroxylation is 2.